The molecule has 6 nitrogen and oxygen atoms in total. The molecule has 1 amide bonds. The molecule has 2 heterocycles. The molecule has 0 aromatic carbocycles. The lowest BCUT2D eigenvalue weighted by molar-refractivity contribution is -0.120. The van der Waals surface area contributed by atoms with Crippen LogP contribution in [0.4, 0.5) is 0 Å². The Hall–Kier alpha value is -1.60. The molecule has 0 radical (unpaired) electrons. The minimum Gasteiger partial charge on any atom is -0.354 e. The maximum absolute atomic E-state index is 12.2. The van der Waals surface area contributed by atoms with Crippen molar-refractivity contribution in [3.63, 3.8) is 0 Å². The highest BCUT2D eigenvalue weighted by Crippen LogP contribution is 2.27. The summed E-state index contributed by atoms with van der Waals surface area (Å²) in [5.41, 5.74) is 0. The number of hydrogen-bond donors (Lipinski definition) is 3. The summed E-state index contributed by atoms with van der Waals surface area (Å²) in [5, 5.41) is 11.9. The number of amides is 1. The summed E-state index contributed by atoms with van der Waals surface area (Å²) < 4.78 is 0. The minimum atomic E-state index is 0.0548. The van der Waals surface area contributed by atoms with Crippen LogP contribution in [0, 0.1) is 0 Å². The molecule has 3 N–H and O–H groups in total. The molecule has 27 heavy (non-hydrogen) atoms. The van der Waals surface area contributed by atoms with Gasteiger partial charge in [0, 0.05) is 24.5 Å². The van der Waals surface area contributed by atoms with Crippen molar-refractivity contribution >= 4 is 23.2 Å². The van der Waals surface area contributed by atoms with Crippen LogP contribution < -0.4 is 16.0 Å². The van der Waals surface area contributed by atoms with Crippen molar-refractivity contribution in [1.29, 1.82) is 0 Å². The summed E-state index contributed by atoms with van der Waals surface area (Å²) >= 11 is 1.81. The van der Waals surface area contributed by atoms with Gasteiger partial charge in [-0.15, -0.1) is 11.3 Å². The Balaban J connectivity index is 1.45. The van der Waals surface area contributed by atoms with E-state index in [0.29, 0.717) is 18.0 Å². The monoisotopic (exact) mass is 391 g/mol. The highest BCUT2D eigenvalue weighted by molar-refractivity contribution is 7.10. The molecule has 2 aliphatic rings. The number of hydrogen-bond acceptors (Lipinski definition) is 4. The molecule has 1 atom stereocenters. The summed E-state index contributed by atoms with van der Waals surface area (Å²) in [6, 6.07) is 5.04. The fourth-order valence-corrected chi connectivity index (χ4v) is 4.91. The van der Waals surface area contributed by atoms with Gasteiger partial charge in [0.15, 0.2) is 5.96 Å². The van der Waals surface area contributed by atoms with Gasteiger partial charge in [0.05, 0.1) is 12.6 Å². The largest absolute Gasteiger partial charge is 0.354 e. The van der Waals surface area contributed by atoms with Crippen LogP contribution in [0.15, 0.2) is 22.5 Å². The third-order valence-corrected chi connectivity index (χ3v) is 6.50. The second-order valence-corrected chi connectivity index (χ2v) is 8.46. The molecule has 1 aliphatic carbocycles. The van der Waals surface area contributed by atoms with E-state index in [4.69, 9.17) is 0 Å². The van der Waals surface area contributed by atoms with E-state index >= 15 is 0 Å². The van der Waals surface area contributed by atoms with Crippen LogP contribution in [0.5, 0.6) is 0 Å². The predicted molar refractivity (Wildman–Crippen MR) is 112 cm³/mol. The fourth-order valence-electron chi connectivity index (χ4n) is 4.05. The van der Waals surface area contributed by atoms with Crippen LogP contribution in [-0.2, 0) is 4.79 Å². The zero-order valence-corrected chi connectivity index (χ0v) is 17.2. The van der Waals surface area contributed by atoms with E-state index in [1.54, 1.807) is 7.05 Å². The van der Waals surface area contributed by atoms with Gasteiger partial charge in [0.1, 0.15) is 0 Å². The first kappa shape index (κ1) is 20.1. The van der Waals surface area contributed by atoms with Crippen LogP contribution >= 0.6 is 11.3 Å². The SMILES string of the molecule is CN=C(NCC(=O)NC1CCCCC1)NCC(c1cccs1)N1CCCC1. The van der Waals surface area contributed by atoms with Crippen LogP contribution in [0.2, 0.25) is 0 Å². The number of carbonyl (C=O) groups is 1. The third kappa shape index (κ3) is 6.21. The molecular formula is C20H33N5OS. The first-order valence-corrected chi connectivity index (χ1v) is 11.2. The number of guanidine groups is 1. The Labute approximate surface area is 166 Å². The molecule has 1 aromatic rings. The zero-order valence-electron chi connectivity index (χ0n) is 16.4. The van der Waals surface area contributed by atoms with Gasteiger partial charge < -0.3 is 16.0 Å². The van der Waals surface area contributed by atoms with E-state index in [0.717, 1.165) is 32.5 Å². The van der Waals surface area contributed by atoms with E-state index in [1.165, 1.54) is 37.0 Å². The maximum Gasteiger partial charge on any atom is 0.239 e. The second kappa shape index (κ2) is 10.7. The molecule has 0 bridgehead atoms. The van der Waals surface area contributed by atoms with Crippen LogP contribution in [-0.4, -0.2) is 56.0 Å². The lowest BCUT2D eigenvalue weighted by atomic mass is 9.95. The number of aliphatic imine (C=N–C) groups is 1. The van der Waals surface area contributed by atoms with Gasteiger partial charge >= 0.3 is 0 Å². The summed E-state index contributed by atoms with van der Waals surface area (Å²) in [6.07, 6.45) is 8.51. The van der Waals surface area contributed by atoms with Gasteiger partial charge in [-0.1, -0.05) is 25.3 Å². The first-order chi connectivity index (χ1) is 13.3. The molecule has 3 rings (SSSR count). The summed E-state index contributed by atoms with van der Waals surface area (Å²) in [6.45, 7) is 3.37. The zero-order chi connectivity index (χ0) is 18.9. The molecule has 0 spiro atoms. The lowest BCUT2D eigenvalue weighted by Gasteiger charge is -2.27. The molecule has 1 aromatic heterocycles. The van der Waals surface area contributed by atoms with Crippen molar-refractivity contribution in [2.75, 3.05) is 33.2 Å². The quantitative estimate of drug-likeness (QED) is 0.493. The molecule has 150 valence electrons. The number of nitrogens with zero attached hydrogens (tertiary/aromatic N) is 2. The van der Waals surface area contributed by atoms with E-state index in [-0.39, 0.29) is 12.5 Å². The average Bonchev–Trinajstić information content (AvgIpc) is 3.40. The number of nitrogens with one attached hydrogen (secondary N) is 3. The lowest BCUT2D eigenvalue weighted by Crippen LogP contribution is -2.47. The molecule has 2 fully saturated rings. The molecule has 1 unspecified atom stereocenters. The second-order valence-electron chi connectivity index (χ2n) is 7.48. The highest BCUT2D eigenvalue weighted by atomic mass is 32.1. The van der Waals surface area contributed by atoms with Crippen molar-refractivity contribution in [3.05, 3.63) is 22.4 Å². The highest BCUT2D eigenvalue weighted by Gasteiger charge is 2.24. The summed E-state index contributed by atoms with van der Waals surface area (Å²) in [7, 11) is 1.75. The van der Waals surface area contributed by atoms with E-state index < -0.39 is 0 Å². The maximum atomic E-state index is 12.2. The average molecular weight is 392 g/mol. The Bertz CT molecular complexity index is 592. The molecule has 7 heteroatoms. The molecule has 1 saturated heterocycles. The van der Waals surface area contributed by atoms with Gasteiger partial charge in [0.2, 0.25) is 5.91 Å². The smallest absolute Gasteiger partial charge is 0.239 e. The Morgan fingerprint density at radius 2 is 2.00 bits per heavy atom. The first-order valence-electron chi connectivity index (χ1n) is 10.3. The van der Waals surface area contributed by atoms with E-state index in [1.807, 2.05) is 11.3 Å². The summed E-state index contributed by atoms with van der Waals surface area (Å²) in [4.78, 5) is 20.4. The number of thiophene rings is 1. The van der Waals surface area contributed by atoms with Crippen molar-refractivity contribution in [2.24, 2.45) is 4.99 Å². The van der Waals surface area contributed by atoms with Gasteiger partial charge in [-0.2, -0.15) is 0 Å². The van der Waals surface area contributed by atoms with Gasteiger partial charge in [-0.3, -0.25) is 14.7 Å². The van der Waals surface area contributed by atoms with Gasteiger partial charge in [-0.25, -0.2) is 0 Å². The molecular weight excluding hydrogens is 358 g/mol. The third-order valence-electron chi connectivity index (χ3n) is 5.53. The van der Waals surface area contributed by atoms with Gasteiger partial charge in [-0.05, 0) is 50.2 Å². The van der Waals surface area contributed by atoms with Crippen LogP contribution in [0.3, 0.4) is 0 Å². The Kier molecular flexibility index (Phi) is 7.95. The minimum absolute atomic E-state index is 0.0548. The number of likely N-dealkylation sites (tertiary alicyclic amines) is 1. The Morgan fingerprint density at radius 1 is 1.22 bits per heavy atom. The fraction of sp³-hybridized carbons (Fsp3) is 0.700. The standard InChI is InChI=1S/C20H33N5OS/c1-21-20(23-15-19(26)24-16-8-3-2-4-9-16)22-14-17(18-10-7-13-27-18)25-11-5-6-12-25/h7,10,13,16-17H,2-6,8-9,11-12,14-15H2,1H3,(H,24,26)(H2,21,22,23). The van der Waals surface area contributed by atoms with Crippen molar-refractivity contribution < 1.29 is 4.79 Å². The number of rotatable bonds is 7. The Morgan fingerprint density at radius 3 is 2.67 bits per heavy atom. The molecule has 1 saturated carbocycles. The van der Waals surface area contributed by atoms with Crippen molar-refractivity contribution in [3.8, 4) is 0 Å². The van der Waals surface area contributed by atoms with E-state index in [2.05, 4.69) is 43.4 Å². The van der Waals surface area contributed by atoms with Crippen molar-refractivity contribution in [1.82, 2.24) is 20.9 Å². The summed E-state index contributed by atoms with van der Waals surface area (Å²) in [5.74, 6) is 0.744. The van der Waals surface area contributed by atoms with Gasteiger partial charge in [0.25, 0.3) is 0 Å². The predicted octanol–water partition coefficient (Wildman–Crippen LogP) is 2.50. The van der Waals surface area contributed by atoms with E-state index in [9.17, 15) is 4.79 Å². The van der Waals surface area contributed by atoms with Crippen molar-refractivity contribution in [2.45, 2.75) is 57.0 Å². The van der Waals surface area contributed by atoms with Crippen LogP contribution in [0.1, 0.15) is 55.9 Å². The topological polar surface area (TPSA) is 68.8 Å². The number of carbonyl (C=O) groups excluding carboxylic acids is 1. The van der Waals surface area contributed by atoms with Crippen LogP contribution in [0.25, 0.3) is 0 Å². The normalized spacial score (nSPS) is 20.4. The molecule has 1 aliphatic heterocycles.